The molecule has 0 amide bonds. The average molecular weight is 212 g/mol. The molecule has 1 aliphatic heterocycles. The molecule has 0 aromatic carbocycles. The van der Waals surface area contributed by atoms with Crippen molar-refractivity contribution in [1.82, 2.24) is 0 Å². The van der Waals surface area contributed by atoms with Crippen molar-refractivity contribution in [1.29, 1.82) is 0 Å². The van der Waals surface area contributed by atoms with Gasteiger partial charge in [0.15, 0.2) is 0 Å². The predicted molar refractivity (Wildman–Crippen MR) is 48.5 cm³/mol. The third kappa shape index (κ3) is 4.50. The Labute approximate surface area is 77.1 Å². The largest absolute Gasteiger partial charge is 0.381 e. The van der Waals surface area contributed by atoms with E-state index in [4.69, 9.17) is 25.6 Å². The Morgan fingerprint density at radius 1 is 1.00 bits per heavy atom. The molecule has 0 aromatic rings. The molecule has 1 rings (SSSR count). The zero-order valence-corrected chi connectivity index (χ0v) is 8.48. The van der Waals surface area contributed by atoms with Crippen molar-refractivity contribution in [3.8, 4) is 0 Å². The van der Waals surface area contributed by atoms with E-state index in [1.54, 1.807) is 0 Å². The fourth-order valence-electron chi connectivity index (χ4n) is 0.821. The highest BCUT2D eigenvalue weighted by Crippen LogP contribution is 2.43. The molecule has 1 fully saturated rings. The fraction of sp³-hybridized carbons (Fsp3) is 1.00. The minimum atomic E-state index is -2.93. The zero-order valence-electron chi connectivity index (χ0n) is 6.77. The van der Waals surface area contributed by atoms with Crippen molar-refractivity contribution in [2.75, 3.05) is 26.4 Å². The Hall–Kier alpha value is 0.490. The third-order valence-electron chi connectivity index (χ3n) is 1.37. The minimum absolute atomic E-state index is 0.410. The molecular formula is C6H13O4PS. The molecule has 0 bridgehead atoms. The smallest absolute Gasteiger partial charge is 0.324 e. The number of hydrogen-bond acceptors (Lipinski definition) is 4. The maximum Gasteiger partial charge on any atom is 0.324 e. The topological polar surface area (TPSA) is 47.9 Å². The van der Waals surface area contributed by atoms with Crippen molar-refractivity contribution >= 4 is 18.5 Å². The first kappa shape index (κ1) is 10.6. The monoisotopic (exact) mass is 212 g/mol. The van der Waals surface area contributed by atoms with Gasteiger partial charge in [0.2, 0.25) is 0 Å². The van der Waals surface area contributed by atoms with E-state index in [0.29, 0.717) is 26.4 Å². The van der Waals surface area contributed by atoms with Crippen molar-refractivity contribution < 1.29 is 18.7 Å². The molecule has 72 valence electrons. The second-order valence-corrected chi connectivity index (χ2v) is 5.29. The summed E-state index contributed by atoms with van der Waals surface area (Å²) in [7, 11) is 0. The quantitative estimate of drug-likeness (QED) is 0.608. The molecule has 12 heavy (non-hydrogen) atoms. The van der Waals surface area contributed by atoms with Crippen LogP contribution >= 0.6 is 6.72 Å². The highest BCUT2D eigenvalue weighted by Gasteiger charge is 2.14. The Balaban J connectivity index is 2.32. The fourth-order valence-corrected chi connectivity index (χ4v) is 2.06. The summed E-state index contributed by atoms with van der Waals surface area (Å²) in [5, 5.41) is 0. The summed E-state index contributed by atoms with van der Waals surface area (Å²) < 4.78 is 15.2. The lowest BCUT2D eigenvalue weighted by molar-refractivity contribution is 0.0859. The first-order chi connectivity index (χ1) is 5.71. The van der Waals surface area contributed by atoms with E-state index in [2.05, 4.69) is 0 Å². The van der Waals surface area contributed by atoms with Gasteiger partial charge in [0.25, 0.3) is 0 Å². The predicted octanol–water partition coefficient (Wildman–Crippen LogP) is 1.05. The van der Waals surface area contributed by atoms with Gasteiger partial charge in [-0.1, -0.05) is 0 Å². The molecule has 6 heteroatoms. The normalized spacial score (nSPS) is 26.4. The summed E-state index contributed by atoms with van der Waals surface area (Å²) in [5.74, 6) is 0. The summed E-state index contributed by atoms with van der Waals surface area (Å²) >= 11 is 4.73. The van der Waals surface area contributed by atoms with Gasteiger partial charge in [-0.3, -0.25) is 0 Å². The molecule has 1 N–H and O–H groups in total. The van der Waals surface area contributed by atoms with Gasteiger partial charge >= 0.3 is 6.72 Å². The van der Waals surface area contributed by atoms with Gasteiger partial charge in [-0.2, -0.15) is 0 Å². The molecule has 0 spiro atoms. The van der Waals surface area contributed by atoms with Crippen molar-refractivity contribution in [3.63, 3.8) is 0 Å². The molecule has 1 saturated heterocycles. The number of rotatable bonds is 0. The lowest BCUT2D eigenvalue weighted by atomic mass is 10.5. The van der Waals surface area contributed by atoms with Gasteiger partial charge in [0, 0.05) is 13.2 Å². The van der Waals surface area contributed by atoms with Crippen molar-refractivity contribution in [2.45, 2.75) is 12.8 Å². The van der Waals surface area contributed by atoms with Gasteiger partial charge in [-0.25, -0.2) is 0 Å². The van der Waals surface area contributed by atoms with Gasteiger partial charge in [-0.05, 0) is 24.6 Å². The lowest BCUT2D eigenvalue weighted by Crippen LogP contribution is -2.07. The van der Waals surface area contributed by atoms with Crippen LogP contribution in [0.25, 0.3) is 0 Å². The molecule has 0 unspecified atom stereocenters. The molecule has 1 heterocycles. The molecular weight excluding hydrogens is 199 g/mol. The summed E-state index contributed by atoms with van der Waals surface area (Å²) in [6.07, 6.45) is 1.50. The van der Waals surface area contributed by atoms with Crippen molar-refractivity contribution in [2.24, 2.45) is 0 Å². The van der Waals surface area contributed by atoms with Crippen LogP contribution in [0.1, 0.15) is 12.8 Å². The Morgan fingerprint density at radius 2 is 1.50 bits per heavy atom. The minimum Gasteiger partial charge on any atom is -0.381 e. The van der Waals surface area contributed by atoms with Gasteiger partial charge in [-0.15, -0.1) is 0 Å². The van der Waals surface area contributed by atoms with Gasteiger partial charge in [0.05, 0.1) is 13.2 Å². The average Bonchev–Trinajstić information content (AvgIpc) is 2.02. The zero-order chi connectivity index (χ0) is 8.86. The van der Waals surface area contributed by atoms with E-state index in [1.807, 2.05) is 0 Å². The second kappa shape index (κ2) is 5.27. The molecule has 0 saturated carbocycles. The first-order valence-corrected chi connectivity index (χ1v) is 6.49. The molecule has 0 radical (unpaired) electrons. The van der Waals surface area contributed by atoms with Crippen LogP contribution in [0.15, 0.2) is 0 Å². The van der Waals surface area contributed by atoms with Crippen molar-refractivity contribution in [3.05, 3.63) is 0 Å². The van der Waals surface area contributed by atoms with Crippen LogP contribution in [-0.2, 0) is 25.6 Å². The van der Waals surface area contributed by atoms with Gasteiger partial charge in [0.1, 0.15) is 0 Å². The van der Waals surface area contributed by atoms with Gasteiger partial charge < -0.3 is 18.7 Å². The van der Waals surface area contributed by atoms with E-state index in [1.165, 1.54) is 0 Å². The summed E-state index contributed by atoms with van der Waals surface area (Å²) in [5.41, 5.74) is 0. The number of hydrogen-bond donors (Lipinski definition) is 1. The van der Waals surface area contributed by atoms with Crippen LogP contribution < -0.4 is 0 Å². The molecule has 1 aliphatic rings. The van der Waals surface area contributed by atoms with Crippen LogP contribution in [-0.4, -0.2) is 31.3 Å². The third-order valence-corrected chi connectivity index (χ3v) is 3.03. The summed E-state index contributed by atoms with van der Waals surface area (Å²) in [6, 6.07) is 0. The lowest BCUT2D eigenvalue weighted by Gasteiger charge is -2.17. The Kier molecular flexibility index (Phi) is 4.64. The molecule has 0 aliphatic carbocycles. The van der Waals surface area contributed by atoms with E-state index >= 15 is 0 Å². The summed E-state index contributed by atoms with van der Waals surface area (Å²) in [6.45, 7) is -0.782. The molecule has 0 atom stereocenters. The van der Waals surface area contributed by atoms with Crippen LogP contribution in [0, 0.1) is 0 Å². The second-order valence-electron chi connectivity index (χ2n) is 2.45. The Morgan fingerprint density at radius 3 is 2.00 bits per heavy atom. The number of ether oxygens (including phenoxy) is 1. The van der Waals surface area contributed by atoms with Crippen LogP contribution in [0.5, 0.6) is 0 Å². The summed E-state index contributed by atoms with van der Waals surface area (Å²) in [4.78, 5) is 9.34. The SMILES string of the molecule is OP1(=S)OCCCOCCCO1. The standard InChI is InChI=1S/C6H13O4PS/c7-11(12)9-5-1-3-8-4-2-6-10-11/h1-6H2,(H,7,12). The van der Waals surface area contributed by atoms with Crippen LogP contribution in [0.3, 0.4) is 0 Å². The molecule has 4 nitrogen and oxygen atoms in total. The van der Waals surface area contributed by atoms with E-state index < -0.39 is 6.72 Å². The van der Waals surface area contributed by atoms with E-state index in [9.17, 15) is 4.89 Å². The highest BCUT2D eigenvalue weighted by molar-refractivity contribution is 8.07. The van der Waals surface area contributed by atoms with Crippen LogP contribution in [0.2, 0.25) is 0 Å². The Bertz CT molecular complexity index is 161. The van der Waals surface area contributed by atoms with E-state index in [0.717, 1.165) is 12.8 Å². The maximum atomic E-state index is 9.34. The molecule has 0 aromatic heterocycles. The van der Waals surface area contributed by atoms with E-state index in [-0.39, 0.29) is 0 Å². The highest BCUT2D eigenvalue weighted by atomic mass is 32.5. The van der Waals surface area contributed by atoms with Crippen LogP contribution in [0.4, 0.5) is 0 Å². The maximum absolute atomic E-state index is 9.34. The first-order valence-electron chi connectivity index (χ1n) is 3.90.